The zero-order chi connectivity index (χ0) is 10.1. The van der Waals surface area contributed by atoms with Gasteiger partial charge in [-0.1, -0.05) is 0 Å². The smallest absolute Gasteiger partial charge is 0.173 e. The van der Waals surface area contributed by atoms with Crippen LogP contribution in [0.15, 0.2) is 21.5 Å². The highest BCUT2D eigenvalue weighted by Gasteiger charge is 2.30. The second-order valence-corrected chi connectivity index (χ2v) is 5.10. The number of aromatic nitrogens is 2. The van der Waals surface area contributed by atoms with E-state index >= 15 is 0 Å². The van der Waals surface area contributed by atoms with E-state index in [2.05, 4.69) is 19.4 Å². The van der Waals surface area contributed by atoms with E-state index in [4.69, 9.17) is 0 Å². The van der Waals surface area contributed by atoms with E-state index in [1.165, 1.54) is 35.2 Å². The molecular formula is C6H6N6S3. The Morgan fingerprint density at radius 1 is 1.47 bits per heavy atom. The molecule has 0 spiro atoms. The van der Waals surface area contributed by atoms with Gasteiger partial charge < -0.3 is 0 Å². The fourth-order valence-electron chi connectivity index (χ4n) is 1.19. The van der Waals surface area contributed by atoms with E-state index in [9.17, 15) is 0 Å². The molecule has 0 saturated heterocycles. The standard InChI is InChI=1S/C6H6N6S3/c1-2-14-10-12(1)11-3-8-15-6(11)5-9-7-4-13-5/h1-4,6,10H. The molecule has 15 heavy (non-hydrogen) atoms. The van der Waals surface area contributed by atoms with Crippen molar-refractivity contribution in [1.29, 1.82) is 0 Å². The van der Waals surface area contributed by atoms with Gasteiger partial charge >= 0.3 is 0 Å². The number of rotatable bonds is 2. The predicted molar refractivity (Wildman–Crippen MR) is 62.3 cm³/mol. The Bertz CT molecular complexity index is 390. The molecule has 78 valence electrons. The van der Waals surface area contributed by atoms with Crippen LogP contribution in [0.5, 0.6) is 0 Å². The molecule has 1 unspecified atom stereocenters. The molecule has 0 amide bonds. The Hall–Kier alpha value is -0.770. The fourth-order valence-corrected chi connectivity index (χ4v) is 3.16. The van der Waals surface area contributed by atoms with Crippen LogP contribution in [0.25, 0.3) is 0 Å². The van der Waals surface area contributed by atoms with Crippen LogP contribution in [0, 0.1) is 0 Å². The first-order valence-corrected chi connectivity index (χ1v) is 6.65. The summed E-state index contributed by atoms with van der Waals surface area (Å²) in [5.41, 5.74) is 1.73. The van der Waals surface area contributed by atoms with E-state index < -0.39 is 0 Å². The lowest BCUT2D eigenvalue weighted by Crippen LogP contribution is -2.41. The van der Waals surface area contributed by atoms with Crippen LogP contribution in [0.1, 0.15) is 10.4 Å². The van der Waals surface area contributed by atoms with Crippen molar-refractivity contribution >= 4 is 41.6 Å². The average molecular weight is 258 g/mol. The van der Waals surface area contributed by atoms with Crippen LogP contribution >= 0.6 is 35.2 Å². The Morgan fingerprint density at radius 3 is 3.20 bits per heavy atom. The molecule has 1 aromatic heterocycles. The highest BCUT2D eigenvalue weighted by atomic mass is 32.2. The van der Waals surface area contributed by atoms with Crippen molar-refractivity contribution in [3.8, 4) is 0 Å². The molecule has 3 heterocycles. The number of nitrogens with one attached hydrogen (secondary N) is 1. The first-order valence-electron chi connectivity index (χ1n) is 4.06. The zero-order valence-corrected chi connectivity index (χ0v) is 9.80. The Kier molecular flexibility index (Phi) is 2.52. The van der Waals surface area contributed by atoms with Crippen molar-refractivity contribution in [3.05, 3.63) is 22.1 Å². The van der Waals surface area contributed by atoms with Gasteiger partial charge in [-0.05, 0) is 11.9 Å². The summed E-state index contributed by atoms with van der Waals surface area (Å²) in [6.45, 7) is 0. The first kappa shape index (κ1) is 9.46. The van der Waals surface area contributed by atoms with Crippen LogP contribution in [0.3, 0.4) is 0 Å². The molecule has 0 saturated carbocycles. The van der Waals surface area contributed by atoms with E-state index in [1.54, 1.807) is 11.8 Å². The highest BCUT2D eigenvalue weighted by Crippen LogP contribution is 2.38. The lowest BCUT2D eigenvalue weighted by Gasteiger charge is -2.29. The van der Waals surface area contributed by atoms with Crippen LogP contribution in [0.2, 0.25) is 0 Å². The van der Waals surface area contributed by atoms with Crippen LogP contribution < -0.4 is 4.83 Å². The number of hydrazine groups is 2. The van der Waals surface area contributed by atoms with E-state index in [0.29, 0.717) is 0 Å². The topological polar surface area (TPSA) is 56.7 Å². The van der Waals surface area contributed by atoms with E-state index in [-0.39, 0.29) is 5.37 Å². The third-order valence-corrected chi connectivity index (χ3v) is 4.12. The number of nitrogens with zero attached hydrogens (tertiary/aromatic N) is 5. The van der Waals surface area contributed by atoms with Gasteiger partial charge in [-0.2, -0.15) is 4.83 Å². The van der Waals surface area contributed by atoms with Crippen molar-refractivity contribution in [2.75, 3.05) is 0 Å². The molecule has 2 aliphatic rings. The van der Waals surface area contributed by atoms with Gasteiger partial charge in [-0.3, -0.25) is 0 Å². The SMILES string of the molecule is C1=CN(N2C=NSC2c2nncs2)NS1. The Labute approximate surface area is 98.7 Å². The van der Waals surface area contributed by atoms with Crippen LogP contribution in [0.4, 0.5) is 0 Å². The summed E-state index contributed by atoms with van der Waals surface area (Å²) in [4.78, 5) is 3.11. The van der Waals surface area contributed by atoms with E-state index in [0.717, 1.165) is 5.01 Å². The maximum atomic E-state index is 4.18. The minimum absolute atomic E-state index is 0.0772. The summed E-state index contributed by atoms with van der Waals surface area (Å²) in [6.07, 6.45) is 3.72. The van der Waals surface area contributed by atoms with Gasteiger partial charge in [0, 0.05) is 23.6 Å². The summed E-state index contributed by atoms with van der Waals surface area (Å²) >= 11 is 4.52. The molecule has 9 heteroatoms. The first-order chi connectivity index (χ1) is 7.45. The molecule has 1 aromatic rings. The van der Waals surface area contributed by atoms with Crippen molar-refractivity contribution in [2.45, 2.75) is 5.37 Å². The number of hydrogen-bond donors (Lipinski definition) is 1. The highest BCUT2D eigenvalue weighted by molar-refractivity contribution is 8.00. The molecule has 1 atom stereocenters. The Balaban J connectivity index is 1.82. The second kappa shape index (κ2) is 4.00. The molecule has 0 bridgehead atoms. The predicted octanol–water partition coefficient (Wildman–Crippen LogP) is 1.38. The van der Waals surface area contributed by atoms with Crippen LogP contribution in [-0.4, -0.2) is 26.7 Å². The summed E-state index contributed by atoms with van der Waals surface area (Å²) < 4.78 is 4.18. The molecule has 0 aromatic carbocycles. The van der Waals surface area contributed by atoms with Gasteiger partial charge in [0.05, 0.1) is 0 Å². The van der Waals surface area contributed by atoms with E-state index in [1.807, 2.05) is 21.7 Å². The molecule has 2 aliphatic heterocycles. The number of hydrogen-bond acceptors (Lipinski definition) is 9. The maximum Gasteiger partial charge on any atom is 0.173 e. The average Bonchev–Trinajstić information content (AvgIpc) is 3.01. The quantitative estimate of drug-likeness (QED) is 0.804. The summed E-state index contributed by atoms with van der Waals surface area (Å²) in [5, 5.41) is 14.7. The molecule has 1 N–H and O–H groups in total. The molecule has 3 rings (SSSR count). The molecule has 0 aliphatic carbocycles. The van der Waals surface area contributed by atoms with Gasteiger partial charge in [-0.25, -0.2) is 14.5 Å². The lowest BCUT2D eigenvalue weighted by molar-refractivity contribution is 0.0844. The van der Waals surface area contributed by atoms with Gasteiger partial charge in [0.2, 0.25) is 0 Å². The third kappa shape index (κ3) is 1.71. The van der Waals surface area contributed by atoms with Crippen molar-refractivity contribution in [1.82, 2.24) is 25.2 Å². The van der Waals surface area contributed by atoms with Crippen molar-refractivity contribution in [2.24, 2.45) is 4.40 Å². The van der Waals surface area contributed by atoms with Gasteiger partial charge in [0.15, 0.2) is 10.4 Å². The van der Waals surface area contributed by atoms with Crippen molar-refractivity contribution in [3.63, 3.8) is 0 Å². The molecule has 0 radical (unpaired) electrons. The summed E-state index contributed by atoms with van der Waals surface area (Å²) in [6, 6.07) is 0. The monoisotopic (exact) mass is 258 g/mol. The van der Waals surface area contributed by atoms with Gasteiger partial charge in [-0.15, -0.1) is 21.5 Å². The normalized spacial score (nSPS) is 24.4. The second-order valence-electron chi connectivity index (χ2n) is 2.67. The summed E-state index contributed by atoms with van der Waals surface area (Å²) in [7, 11) is 0. The maximum absolute atomic E-state index is 4.18. The van der Waals surface area contributed by atoms with Crippen LogP contribution in [-0.2, 0) is 0 Å². The van der Waals surface area contributed by atoms with Gasteiger partial charge in [0.1, 0.15) is 11.8 Å². The zero-order valence-electron chi connectivity index (χ0n) is 7.35. The molecule has 6 nitrogen and oxygen atoms in total. The van der Waals surface area contributed by atoms with Crippen molar-refractivity contribution < 1.29 is 0 Å². The van der Waals surface area contributed by atoms with Gasteiger partial charge in [0.25, 0.3) is 0 Å². The molecular weight excluding hydrogens is 252 g/mol. The third-order valence-electron chi connectivity index (χ3n) is 1.82. The largest absolute Gasteiger partial charge is 0.237 e. The minimum atomic E-state index is 0.0772. The lowest BCUT2D eigenvalue weighted by atomic mass is 10.6. The molecule has 0 fully saturated rings. The fraction of sp³-hybridized carbons (Fsp3) is 0.167. The summed E-state index contributed by atoms with van der Waals surface area (Å²) in [5.74, 6) is 0. The minimum Gasteiger partial charge on any atom is -0.237 e. The Morgan fingerprint density at radius 2 is 2.47 bits per heavy atom.